The SMILES string of the molecule is O=C(CCN1CCOCC1)Nc1cc(C(=O)NCc2cccc(Cl)c2)ccc1N1CC2CC(C1)c1cccc(=O)n1C2. The van der Waals surface area contributed by atoms with Crippen LogP contribution >= 0.6 is 11.6 Å². The molecule has 3 aliphatic heterocycles. The Balaban J connectivity index is 1.22. The van der Waals surface area contributed by atoms with Crippen molar-refractivity contribution < 1.29 is 14.3 Å². The van der Waals surface area contributed by atoms with Gasteiger partial charge in [0.15, 0.2) is 0 Å². The molecule has 6 rings (SSSR count). The van der Waals surface area contributed by atoms with Crippen LogP contribution < -0.4 is 21.1 Å². The molecule has 2 unspecified atom stereocenters. The number of amides is 2. The molecule has 42 heavy (non-hydrogen) atoms. The summed E-state index contributed by atoms with van der Waals surface area (Å²) in [5.74, 6) is 0.223. The molecule has 2 saturated heterocycles. The van der Waals surface area contributed by atoms with Crippen molar-refractivity contribution in [2.75, 3.05) is 56.2 Å². The molecule has 2 N–H and O–H groups in total. The number of piperidine rings is 1. The minimum atomic E-state index is -0.228. The van der Waals surface area contributed by atoms with Gasteiger partial charge in [0.25, 0.3) is 11.5 Å². The Morgan fingerprint density at radius 3 is 2.64 bits per heavy atom. The quantitative estimate of drug-likeness (QED) is 0.416. The zero-order valence-corrected chi connectivity index (χ0v) is 24.3. The topological polar surface area (TPSA) is 95.9 Å². The van der Waals surface area contributed by atoms with Crippen LogP contribution in [0.5, 0.6) is 0 Å². The zero-order chi connectivity index (χ0) is 29.1. The fraction of sp³-hybridized carbons (Fsp3) is 0.406. The smallest absolute Gasteiger partial charge is 0.251 e. The minimum absolute atomic E-state index is 0.0528. The number of nitrogens with zero attached hydrogens (tertiary/aromatic N) is 3. The molecule has 3 aromatic rings. The Hall–Kier alpha value is -3.66. The number of carbonyl (C=O) groups excluding carboxylic acids is 2. The van der Waals surface area contributed by atoms with Gasteiger partial charge in [-0.25, -0.2) is 0 Å². The van der Waals surface area contributed by atoms with E-state index in [0.29, 0.717) is 61.5 Å². The molecule has 1 aromatic heterocycles. The Morgan fingerprint density at radius 2 is 1.81 bits per heavy atom. The largest absolute Gasteiger partial charge is 0.379 e. The number of ether oxygens (including phenoxy) is 1. The van der Waals surface area contributed by atoms with E-state index in [4.69, 9.17) is 16.3 Å². The van der Waals surface area contributed by atoms with Crippen LogP contribution in [-0.4, -0.2) is 67.2 Å². The number of hydrogen-bond donors (Lipinski definition) is 2. The Bertz CT molecular complexity index is 1520. The maximum Gasteiger partial charge on any atom is 0.251 e. The third-order valence-corrected chi connectivity index (χ3v) is 8.69. The minimum Gasteiger partial charge on any atom is -0.379 e. The van der Waals surface area contributed by atoms with Gasteiger partial charge in [0.1, 0.15) is 0 Å². The summed E-state index contributed by atoms with van der Waals surface area (Å²) in [6.45, 7) is 6.21. The molecule has 2 amide bonds. The maximum absolute atomic E-state index is 13.2. The van der Waals surface area contributed by atoms with E-state index in [-0.39, 0.29) is 23.3 Å². The predicted octanol–water partition coefficient (Wildman–Crippen LogP) is 3.72. The molecule has 0 radical (unpaired) electrons. The van der Waals surface area contributed by atoms with Crippen molar-refractivity contribution in [3.05, 3.63) is 92.9 Å². The summed E-state index contributed by atoms with van der Waals surface area (Å²) in [5.41, 5.74) is 4.01. The lowest BCUT2D eigenvalue weighted by atomic mass is 9.83. The fourth-order valence-electron chi connectivity index (χ4n) is 6.37. The van der Waals surface area contributed by atoms with Gasteiger partial charge in [-0.3, -0.25) is 19.3 Å². The number of halogens is 1. The van der Waals surface area contributed by atoms with Crippen molar-refractivity contribution in [2.45, 2.75) is 31.8 Å². The van der Waals surface area contributed by atoms with Gasteiger partial charge in [-0.05, 0) is 54.3 Å². The number of morpholine rings is 1. The van der Waals surface area contributed by atoms with Gasteiger partial charge in [-0.15, -0.1) is 0 Å². The Kier molecular flexibility index (Phi) is 8.60. The second-order valence-electron chi connectivity index (χ2n) is 11.4. The van der Waals surface area contributed by atoms with E-state index in [1.54, 1.807) is 18.2 Å². The molecule has 3 aliphatic rings. The van der Waals surface area contributed by atoms with E-state index in [9.17, 15) is 14.4 Å². The summed E-state index contributed by atoms with van der Waals surface area (Å²) in [4.78, 5) is 43.4. The highest BCUT2D eigenvalue weighted by Crippen LogP contribution is 2.39. The predicted molar refractivity (Wildman–Crippen MR) is 163 cm³/mol. The number of hydrogen-bond acceptors (Lipinski definition) is 6. The number of fused-ring (bicyclic) bond motifs is 4. The third-order valence-electron chi connectivity index (χ3n) is 8.45. The normalized spacial score (nSPS) is 20.1. The number of pyridine rings is 1. The molecule has 9 nitrogen and oxygen atoms in total. The standard InChI is InChI=1S/C32H36ClN5O4/c33-26-4-1-3-22(16-26)18-34-32(41)24-7-8-29(27(17-24)35-30(39)9-10-36-11-13-42-14-12-36)37-19-23-15-25(21-37)28-5-2-6-31(40)38(28)20-23/h1-8,16-17,23,25H,9-15,18-21H2,(H,34,41)(H,35,39). The first-order valence-corrected chi connectivity index (χ1v) is 15.0. The first-order chi connectivity index (χ1) is 20.4. The van der Waals surface area contributed by atoms with Crippen LogP contribution in [0.25, 0.3) is 0 Å². The molecule has 2 fully saturated rings. The van der Waals surface area contributed by atoms with Crippen molar-refractivity contribution in [3.8, 4) is 0 Å². The van der Waals surface area contributed by atoms with E-state index in [0.717, 1.165) is 49.5 Å². The maximum atomic E-state index is 13.2. The summed E-state index contributed by atoms with van der Waals surface area (Å²) >= 11 is 6.10. The second-order valence-corrected chi connectivity index (χ2v) is 11.8. The summed E-state index contributed by atoms with van der Waals surface area (Å²) in [7, 11) is 0. The van der Waals surface area contributed by atoms with E-state index >= 15 is 0 Å². The molecular weight excluding hydrogens is 554 g/mol. The van der Waals surface area contributed by atoms with E-state index in [1.807, 2.05) is 47.0 Å². The molecule has 220 valence electrons. The van der Waals surface area contributed by atoms with Crippen LogP contribution in [0.2, 0.25) is 5.02 Å². The van der Waals surface area contributed by atoms with Crippen LogP contribution in [0.4, 0.5) is 11.4 Å². The first-order valence-electron chi connectivity index (χ1n) is 14.6. The van der Waals surface area contributed by atoms with Crippen LogP contribution in [-0.2, 0) is 22.6 Å². The lowest BCUT2D eigenvalue weighted by Crippen LogP contribution is -2.47. The van der Waals surface area contributed by atoms with E-state index in [2.05, 4.69) is 20.4 Å². The average Bonchev–Trinajstić information content (AvgIpc) is 3.00. The number of rotatable bonds is 8. The fourth-order valence-corrected chi connectivity index (χ4v) is 6.59. The van der Waals surface area contributed by atoms with Crippen molar-refractivity contribution in [3.63, 3.8) is 0 Å². The highest BCUT2D eigenvalue weighted by atomic mass is 35.5. The molecule has 0 spiro atoms. The van der Waals surface area contributed by atoms with Crippen LogP contribution in [0, 0.1) is 5.92 Å². The molecule has 2 bridgehead atoms. The summed E-state index contributed by atoms with van der Waals surface area (Å²) in [5, 5.41) is 6.71. The van der Waals surface area contributed by atoms with Crippen LogP contribution in [0.1, 0.15) is 40.4 Å². The van der Waals surface area contributed by atoms with Gasteiger partial charge < -0.3 is 24.8 Å². The molecular formula is C32H36ClN5O4. The molecule has 2 aromatic carbocycles. The third kappa shape index (κ3) is 6.53. The molecule has 10 heteroatoms. The number of aromatic nitrogens is 1. The second kappa shape index (κ2) is 12.7. The average molecular weight is 590 g/mol. The lowest BCUT2D eigenvalue weighted by Gasteiger charge is -2.44. The summed E-state index contributed by atoms with van der Waals surface area (Å²) in [6.07, 6.45) is 1.39. The van der Waals surface area contributed by atoms with Gasteiger partial charge in [0.2, 0.25) is 5.91 Å². The summed E-state index contributed by atoms with van der Waals surface area (Å²) in [6, 6.07) is 18.4. The van der Waals surface area contributed by atoms with Crippen molar-refractivity contribution >= 4 is 34.8 Å². The van der Waals surface area contributed by atoms with Gasteiger partial charge in [-0.1, -0.05) is 29.8 Å². The van der Waals surface area contributed by atoms with Crippen molar-refractivity contribution in [2.24, 2.45) is 5.92 Å². The van der Waals surface area contributed by atoms with Gasteiger partial charge in [-0.2, -0.15) is 0 Å². The monoisotopic (exact) mass is 589 g/mol. The molecule has 2 atom stereocenters. The Labute approximate surface area is 250 Å². The number of nitrogens with one attached hydrogen (secondary N) is 2. The number of carbonyl (C=O) groups is 2. The van der Waals surface area contributed by atoms with E-state index < -0.39 is 0 Å². The Morgan fingerprint density at radius 1 is 0.976 bits per heavy atom. The van der Waals surface area contributed by atoms with Gasteiger partial charge in [0.05, 0.1) is 24.6 Å². The molecule has 0 aliphatic carbocycles. The van der Waals surface area contributed by atoms with Crippen molar-refractivity contribution in [1.29, 1.82) is 0 Å². The van der Waals surface area contributed by atoms with Crippen LogP contribution in [0.3, 0.4) is 0 Å². The number of anilines is 2. The van der Waals surface area contributed by atoms with Crippen molar-refractivity contribution in [1.82, 2.24) is 14.8 Å². The van der Waals surface area contributed by atoms with Crippen LogP contribution in [0.15, 0.2) is 65.5 Å². The molecule has 4 heterocycles. The van der Waals surface area contributed by atoms with E-state index in [1.165, 1.54) is 0 Å². The zero-order valence-electron chi connectivity index (χ0n) is 23.6. The summed E-state index contributed by atoms with van der Waals surface area (Å²) < 4.78 is 7.34. The van der Waals surface area contributed by atoms with Gasteiger partial charge in [0, 0.05) is 80.5 Å². The van der Waals surface area contributed by atoms with Gasteiger partial charge >= 0.3 is 0 Å². The highest BCUT2D eigenvalue weighted by molar-refractivity contribution is 6.30. The first kappa shape index (κ1) is 28.5. The molecule has 0 saturated carbocycles. The number of benzene rings is 2. The lowest BCUT2D eigenvalue weighted by molar-refractivity contribution is -0.116. The highest BCUT2D eigenvalue weighted by Gasteiger charge is 2.35.